The number of ether oxygens (including phenoxy) is 1. The topological polar surface area (TPSA) is 54.5 Å². The number of aryl methyl sites for hydroxylation is 1. The molecule has 0 fully saturated rings. The molecule has 0 aliphatic heterocycles. The average Bonchev–Trinajstić information content (AvgIpc) is 2.82. The van der Waals surface area contributed by atoms with E-state index in [2.05, 4.69) is 17.2 Å². The fraction of sp³-hybridized carbons (Fsp3) is 0.750. The third-order valence-corrected chi connectivity index (χ3v) is 4.38. The van der Waals surface area contributed by atoms with Crippen molar-refractivity contribution < 1.29 is 9.53 Å². The van der Waals surface area contributed by atoms with E-state index in [0.29, 0.717) is 19.1 Å². The maximum Gasteiger partial charge on any atom is 0.410 e. The molecule has 0 radical (unpaired) electrons. The van der Waals surface area contributed by atoms with E-state index in [4.69, 9.17) is 4.74 Å². The van der Waals surface area contributed by atoms with Crippen molar-refractivity contribution in [2.45, 2.75) is 59.6 Å². The Labute approximate surface area is 138 Å². The summed E-state index contributed by atoms with van der Waals surface area (Å²) in [5.41, 5.74) is 2.53. The second-order valence-electron chi connectivity index (χ2n) is 6.39. The second-order valence-corrected chi connectivity index (χ2v) is 7.28. The number of nitrogens with one attached hydrogen (secondary N) is 1. The number of thiazole rings is 1. The van der Waals surface area contributed by atoms with Crippen LogP contribution >= 0.6 is 11.3 Å². The molecular formula is C16H29N3O2S. The van der Waals surface area contributed by atoms with E-state index < -0.39 is 5.60 Å². The fourth-order valence-electron chi connectivity index (χ4n) is 2.11. The third kappa shape index (κ3) is 6.32. The van der Waals surface area contributed by atoms with Crippen molar-refractivity contribution in [3.05, 3.63) is 16.1 Å². The van der Waals surface area contributed by atoms with Gasteiger partial charge in [-0.2, -0.15) is 0 Å². The molecule has 22 heavy (non-hydrogen) atoms. The van der Waals surface area contributed by atoms with Crippen LogP contribution in [-0.2, 0) is 4.74 Å². The molecular weight excluding hydrogens is 298 g/mol. The van der Waals surface area contributed by atoms with Gasteiger partial charge in [0.1, 0.15) is 5.60 Å². The molecule has 1 aromatic rings. The van der Waals surface area contributed by atoms with Gasteiger partial charge in [0.15, 0.2) is 0 Å². The number of hydrogen-bond acceptors (Lipinski definition) is 5. The van der Waals surface area contributed by atoms with Crippen molar-refractivity contribution in [3.8, 4) is 0 Å². The summed E-state index contributed by atoms with van der Waals surface area (Å²) in [6, 6.07) is 0.295. The highest BCUT2D eigenvalue weighted by Crippen LogP contribution is 2.20. The fourth-order valence-corrected chi connectivity index (χ4v) is 2.95. The van der Waals surface area contributed by atoms with Gasteiger partial charge in [-0.15, -0.1) is 11.3 Å². The van der Waals surface area contributed by atoms with Gasteiger partial charge >= 0.3 is 6.09 Å². The van der Waals surface area contributed by atoms with Crippen LogP contribution in [0.2, 0.25) is 0 Å². The van der Waals surface area contributed by atoms with E-state index in [1.165, 1.54) is 4.88 Å². The molecule has 1 unspecified atom stereocenters. The standard InChI is InChI=1S/C16H29N3O2S/c1-7-19(15(20)21-16(4,5)6)10-8-9-17-12(2)14-13(3)18-11-22-14/h11-12,17H,7-10H2,1-6H3. The summed E-state index contributed by atoms with van der Waals surface area (Å²) >= 11 is 1.68. The van der Waals surface area contributed by atoms with Crippen molar-refractivity contribution >= 4 is 17.4 Å². The van der Waals surface area contributed by atoms with Crippen molar-refractivity contribution in [2.24, 2.45) is 0 Å². The van der Waals surface area contributed by atoms with Gasteiger partial charge in [-0.1, -0.05) is 0 Å². The zero-order valence-electron chi connectivity index (χ0n) is 14.6. The van der Waals surface area contributed by atoms with Gasteiger partial charge in [-0.25, -0.2) is 9.78 Å². The quantitative estimate of drug-likeness (QED) is 0.775. The number of carbonyl (C=O) groups excluding carboxylic acids is 1. The normalized spacial score (nSPS) is 13.0. The van der Waals surface area contributed by atoms with Crippen LogP contribution in [0.3, 0.4) is 0 Å². The van der Waals surface area contributed by atoms with E-state index in [0.717, 1.165) is 18.7 Å². The Morgan fingerprint density at radius 1 is 1.50 bits per heavy atom. The van der Waals surface area contributed by atoms with Gasteiger partial charge in [-0.3, -0.25) is 0 Å². The van der Waals surface area contributed by atoms with E-state index in [9.17, 15) is 4.79 Å². The van der Waals surface area contributed by atoms with Crippen molar-refractivity contribution in [2.75, 3.05) is 19.6 Å². The van der Waals surface area contributed by atoms with Gasteiger partial charge in [-0.05, 0) is 54.5 Å². The van der Waals surface area contributed by atoms with E-state index >= 15 is 0 Å². The van der Waals surface area contributed by atoms with Gasteiger partial charge in [0, 0.05) is 24.0 Å². The number of nitrogens with zero attached hydrogens (tertiary/aromatic N) is 2. The molecule has 0 bridgehead atoms. The number of rotatable bonds is 7. The smallest absolute Gasteiger partial charge is 0.410 e. The molecule has 0 aromatic carbocycles. The molecule has 1 rings (SSSR count). The summed E-state index contributed by atoms with van der Waals surface area (Å²) < 4.78 is 5.40. The average molecular weight is 327 g/mol. The molecule has 1 amide bonds. The SMILES string of the molecule is CCN(CCCNC(C)c1scnc1C)C(=O)OC(C)(C)C. The van der Waals surface area contributed by atoms with E-state index in [1.807, 2.05) is 40.1 Å². The predicted molar refractivity (Wildman–Crippen MR) is 91.4 cm³/mol. The van der Waals surface area contributed by atoms with Gasteiger partial charge in [0.2, 0.25) is 0 Å². The minimum atomic E-state index is -0.443. The maximum absolute atomic E-state index is 12.0. The molecule has 0 saturated carbocycles. The first-order valence-electron chi connectivity index (χ1n) is 7.86. The maximum atomic E-state index is 12.0. The Bertz CT molecular complexity index is 468. The zero-order chi connectivity index (χ0) is 16.8. The monoisotopic (exact) mass is 327 g/mol. The lowest BCUT2D eigenvalue weighted by Crippen LogP contribution is -2.38. The summed E-state index contributed by atoms with van der Waals surface area (Å²) in [5, 5.41) is 3.48. The second kappa shape index (κ2) is 8.48. The third-order valence-electron chi connectivity index (χ3n) is 3.26. The summed E-state index contributed by atoms with van der Waals surface area (Å²) in [6.07, 6.45) is 0.663. The Morgan fingerprint density at radius 2 is 2.18 bits per heavy atom. The lowest BCUT2D eigenvalue weighted by Gasteiger charge is -2.26. The summed E-state index contributed by atoms with van der Waals surface area (Å²) in [6.45, 7) is 14.0. The predicted octanol–water partition coefficient (Wildman–Crippen LogP) is 3.75. The number of hydrogen-bond donors (Lipinski definition) is 1. The van der Waals surface area contributed by atoms with Crippen molar-refractivity contribution in [3.63, 3.8) is 0 Å². The van der Waals surface area contributed by atoms with Crippen LogP contribution in [0.15, 0.2) is 5.51 Å². The summed E-state index contributed by atoms with van der Waals surface area (Å²) in [7, 11) is 0. The Kier molecular flexibility index (Phi) is 7.29. The Hall–Kier alpha value is -1.14. The Balaban J connectivity index is 2.33. The van der Waals surface area contributed by atoms with Crippen LogP contribution in [-0.4, -0.2) is 41.2 Å². The molecule has 0 aliphatic rings. The number of amides is 1. The van der Waals surface area contributed by atoms with Crippen LogP contribution in [0.5, 0.6) is 0 Å². The van der Waals surface area contributed by atoms with Crippen LogP contribution in [0, 0.1) is 6.92 Å². The van der Waals surface area contributed by atoms with Crippen LogP contribution in [0.4, 0.5) is 4.79 Å². The first-order chi connectivity index (χ1) is 10.2. The van der Waals surface area contributed by atoms with E-state index in [1.54, 1.807) is 16.2 Å². The van der Waals surface area contributed by atoms with Crippen LogP contribution < -0.4 is 5.32 Å². The number of carbonyl (C=O) groups is 1. The molecule has 126 valence electrons. The lowest BCUT2D eigenvalue weighted by atomic mass is 10.2. The highest BCUT2D eigenvalue weighted by molar-refractivity contribution is 7.09. The molecule has 0 saturated heterocycles. The lowest BCUT2D eigenvalue weighted by molar-refractivity contribution is 0.0258. The number of aromatic nitrogens is 1. The Morgan fingerprint density at radius 3 is 2.68 bits per heavy atom. The minimum absolute atomic E-state index is 0.235. The molecule has 5 nitrogen and oxygen atoms in total. The van der Waals surface area contributed by atoms with Crippen LogP contribution in [0.25, 0.3) is 0 Å². The molecule has 0 spiro atoms. The molecule has 1 aromatic heterocycles. The van der Waals surface area contributed by atoms with E-state index in [-0.39, 0.29) is 6.09 Å². The highest BCUT2D eigenvalue weighted by Gasteiger charge is 2.20. The van der Waals surface area contributed by atoms with Gasteiger partial charge < -0.3 is 15.0 Å². The molecule has 0 aliphatic carbocycles. The first kappa shape index (κ1) is 18.9. The summed E-state index contributed by atoms with van der Waals surface area (Å²) in [5.74, 6) is 0. The van der Waals surface area contributed by atoms with Gasteiger partial charge in [0.05, 0.1) is 11.2 Å². The van der Waals surface area contributed by atoms with Crippen molar-refractivity contribution in [1.82, 2.24) is 15.2 Å². The zero-order valence-corrected chi connectivity index (χ0v) is 15.4. The van der Waals surface area contributed by atoms with Gasteiger partial charge in [0.25, 0.3) is 0 Å². The first-order valence-corrected chi connectivity index (χ1v) is 8.74. The van der Waals surface area contributed by atoms with Crippen molar-refractivity contribution in [1.29, 1.82) is 0 Å². The molecule has 1 heterocycles. The highest BCUT2D eigenvalue weighted by atomic mass is 32.1. The minimum Gasteiger partial charge on any atom is -0.444 e. The van der Waals surface area contributed by atoms with Crippen LogP contribution in [0.1, 0.15) is 57.7 Å². The summed E-state index contributed by atoms with van der Waals surface area (Å²) in [4.78, 5) is 19.3. The molecule has 6 heteroatoms. The molecule has 1 atom stereocenters. The largest absolute Gasteiger partial charge is 0.444 e. The molecule has 1 N–H and O–H groups in total.